The van der Waals surface area contributed by atoms with Crippen LogP contribution in [0.2, 0.25) is 0 Å². The Kier molecular flexibility index (Phi) is 4.07. The summed E-state index contributed by atoms with van der Waals surface area (Å²) in [7, 11) is 0. The van der Waals surface area contributed by atoms with E-state index in [0.717, 1.165) is 26.7 Å². The van der Waals surface area contributed by atoms with Crippen molar-refractivity contribution in [2.45, 2.75) is 26.8 Å². The normalized spacial score (nSPS) is 12.5. The third-order valence-corrected chi connectivity index (χ3v) is 4.22. The van der Waals surface area contributed by atoms with E-state index >= 15 is 0 Å². The van der Waals surface area contributed by atoms with Gasteiger partial charge >= 0.3 is 0 Å². The molecule has 0 radical (unpaired) electrons. The molecule has 2 aromatic rings. The fourth-order valence-corrected chi connectivity index (χ4v) is 2.67. The Labute approximate surface area is 121 Å². The van der Waals surface area contributed by atoms with E-state index in [1.165, 1.54) is 6.07 Å². The highest BCUT2D eigenvalue weighted by Crippen LogP contribution is 2.29. The molecule has 0 aromatic heterocycles. The number of nitrogens with two attached hydrogens (primary N) is 1. The van der Waals surface area contributed by atoms with Gasteiger partial charge in [-0.05, 0) is 49.6 Å². The lowest BCUT2D eigenvalue weighted by molar-refractivity contribution is 0.598. The summed E-state index contributed by atoms with van der Waals surface area (Å²) in [4.78, 5) is 0. The maximum atomic E-state index is 13.9. The molecule has 2 rings (SSSR count). The van der Waals surface area contributed by atoms with E-state index in [1.807, 2.05) is 39.0 Å². The van der Waals surface area contributed by atoms with Crippen molar-refractivity contribution in [3.8, 4) is 0 Å². The van der Waals surface area contributed by atoms with Crippen molar-refractivity contribution in [3.05, 3.63) is 68.4 Å². The van der Waals surface area contributed by atoms with E-state index in [0.29, 0.717) is 5.56 Å². The zero-order valence-electron chi connectivity index (χ0n) is 11.3. The van der Waals surface area contributed by atoms with Crippen molar-refractivity contribution < 1.29 is 4.39 Å². The van der Waals surface area contributed by atoms with E-state index in [9.17, 15) is 4.39 Å². The standard InChI is InChI=1S/C16H17BrFN/c1-9-4-5-15(18)13(6-9)16(19)12-7-11(3)14(17)8-10(12)2/h4-8,16H,19H2,1-3H3. The molecule has 0 fully saturated rings. The van der Waals surface area contributed by atoms with Crippen LogP contribution in [0.1, 0.15) is 33.9 Å². The van der Waals surface area contributed by atoms with Crippen LogP contribution < -0.4 is 5.73 Å². The number of hydrogen-bond donors (Lipinski definition) is 1. The van der Waals surface area contributed by atoms with Crippen LogP contribution in [0.25, 0.3) is 0 Å². The van der Waals surface area contributed by atoms with Crippen LogP contribution in [0.3, 0.4) is 0 Å². The summed E-state index contributed by atoms with van der Waals surface area (Å²) < 4.78 is 15.0. The lowest BCUT2D eigenvalue weighted by Crippen LogP contribution is -2.15. The quantitative estimate of drug-likeness (QED) is 0.862. The topological polar surface area (TPSA) is 26.0 Å². The Bertz CT molecular complexity index is 622. The van der Waals surface area contributed by atoms with Gasteiger partial charge in [-0.2, -0.15) is 0 Å². The smallest absolute Gasteiger partial charge is 0.128 e. The minimum Gasteiger partial charge on any atom is -0.320 e. The molecule has 0 aliphatic carbocycles. The maximum absolute atomic E-state index is 13.9. The van der Waals surface area contributed by atoms with Gasteiger partial charge in [0.1, 0.15) is 5.82 Å². The molecule has 1 unspecified atom stereocenters. The van der Waals surface area contributed by atoms with Crippen LogP contribution in [-0.2, 0) is 0 Å². The Morgan fingerprint density at radius 1 is 1.00 bits per heavy atom. The predicted octanol–water partition coefficient (Wildman–Crippen LogP) is 4.56. The van der Waals surface area contributed by atoms with Gasteiger partial charge < -0.3 is 5.73 Å². The number of rotatable bonds is 2. The van der Waals surface area contributed by atoms with Gasteiger partial charge in [0.25, 0.3) is 0 Å². The number of benzene rings is 2. The molecule has 19 heavy (non-hydrogen) atoms. The van der Waals surface area contributed by atoms with Gasteiger partial charge in [0.05, 0.1) is 6.04 Å². The van der Waals surface area contributed by atoms with Gasteiger partial charge in [0.2, 0.25) is 0 Å². The van der Waals surface area contributed by atoms with E-state index in [-0.39, 0.29) is 5.82 Å². The minimum atomic E-state index is -0.438. The molecule has 0 aliphatic rings. The van der Waals surface area contributed by atoms with E-state index < -0.39 is 6.04 Å². The first-order chi connectivity index (χ1) is 8.90. The van der Waals surface area contributed by atoms with Gasteiger partial charge in [0, 0.05) is 10.0 Å². The fraction of sp³-hybridized carbons (Fsp3) is 0.250. The largest absolute Gasteiger partial charge is 0.320 e. The third-order valence-electron chi connectivity index (χ3n) is 3.37. The third kappa shape index (κ3) is 2.88. The second-order valence-corrected chi connectivity index (χ2v) is 5.81. The maximum Gasteiger partial charge on any atom is 0.128 e. The molecule has 0 spiro atoms. The Hall–Kier alpha value is -1.19. The molecule has 100 valence electrons. The minimum absolute atomic E-state index is 0.252. The van der Waals surface area contributed by atoms with Crippen LogP contribution in [0.4, 0.5) is 4.39 Å². The molecular formula is C16H17BrFN. The molecule has 0 bridgehead atoms. The Balaban J connectivity index is 2.52. The average molecular weight is 322 g/mol. The molecule has 0 heterocycles. The van der Waals surface area contributed by atoms with Crippen molar-refractivity contribution >= 4 is 15.9 Å². The lowest BCUT2D eigenvalue weighted by atomic mass is 9.93. The van der Waals surface area contributed by atoms with Crippen LogP contribution in [0, 0.1) is 26.6 Å². The van der Waals surface area contributed by atoms with E-state index in [1.54, 1.807) is 6.07 Å². The molecule has 2 aromatic carbocycles. The van der Waals surface area contributed by atoms with Crippen molar-refractivity contribution in [2.24, 2.45) is 5.73 Å². The molecule has 3 heteroatoms. The van der Waals surface area contributed by atoms with Gasteiger partial charge in [-0.15, -0.1) is 0 Å². The van der Waals surface area contributed by atoms with Gasteiger partial charge in [-0.1, -0.05) is 39.7 Å². The molecule has 0 aliphatic heterocycles. The number of aryl methyl sites for hydroxylation is 3. The molecule has 1 nitrogen and oxygen atoms in total. The van der Waals surface area contributed by atoms with Gasteiger partial charge in [-0.25, -0.2) is 4.39 Å². The van der Waals surface area contributed by atoms with E-state index in [2.05, 4.69) is 15.9 Å². The predicted molar refractivity (Wildman–Crippen MR) is 80.8 cm³/mol. The summed E-state index contributed by atoms with van der Waals surface area (Å²) in [6.07, 6.45) is 0. The average Bonchev–Trinajstić information content (AvgIpc) is 2.36. The summed E-state index contributed by atoms with van der Waals surface area (Å²) in [6.45, 7) is 5.94. The SMILES string of the molecule is Cc1ccc(F)c(C(N)c2cc(C)c(Br)cc2C)c1. The van der Waals surface area contributed by atoms with Crippen molar-refractivity contribution in [3.63, 3.8) is 0 Å². The van der Waals surface area contributed by atoms with Crippen LogP contribution in [0.15, 0.2) is 34.8 Å². The van der Waals surface area contributed by atoms with E-state index in [4.69, 9.17) is 5.73 Å². The Morgan fingerprint density at radius 3 is 2.37 bits per heavy atom. The molecule has 0 saturated carbocycles. The second kappa shape index (κ2) is 5.43. The van der Waals surface area contributed by atoms with Crippen LogP contribution >= 0.6 is 15.9 Å². The first kappa shape index (κ1) is 14.2. The van der Waals surface area contributed by atoms with Gasteiger partial charge in [0.15, 0.2) is 0 Å². The van der Waals surface area contributed by atoms with Crippen molar-refractivity contribution in [1.82, 2.24) is 0 Å². The monoisotopic (exact) mass is 321 g/mol. The summed E-state index contributed by atoms with van der Waals surface area (Å²) in [5.41, 5.74) is 10.9. The molecule has 1 atom stereocenters. The molecule has 0 saturated heterocycles. The zero-order valence-corrected chi connectivity index (χ0v) is 12.9. The zero-order chi connectivity index (χ0) is 14.2. The first-order valence-electron chi connectivity index (χ1n) is 6.18. The van der Waals surface area contributed by atoms with Crippen molar-refractivity contribution in [1.29, 1.82) is 0 Å². The molecular weight excluding hydrogens is 305 g/mol. The summed E-state index contributed by atoms with van der Waals surface area (Å²) >= 11 is 3.50. The lowest BCUT2D eigenvalue weighted by Gasteiger charge is -2.18. The summed E-state index contributed by atoms with van der Waals surface area (Å²) in [6, 6.07) is 8.66. The van der Waals surface area contributed by atoms with Crippen LogP contribution in [0.5, 0.6) is 0 Å². The molecule has 0 amide bonds. The summed E-state index contributed by atoms with van der Waals surface area (Å²) in [5.74, 6) is -0.252. The Morgan fingerprint density at radius 2 is 1.68 bits per heavy atom. The van der Waals surface area contributed by atoms with Crippen LogP contribution in [-0.4, -0.2) is 0 Å². The highest BCUT2D eigenvalue weighted by atomic mass is 79.9. The van der Waals surface area contributed by atoms with Gasteiger partial charge in [-0.3, -0.25) is 0 Å². The number of hydrogen-bond acceptors (Lipinski definition) is 1. The first-order valence-corrected chi connectivity index (χ1v) is 6.97. The highest BCUT2D eigenvalue weighted by Gasteiger charge is 2.16. The van der Waals surface area contributed by atoms with Crippen molar-refractivity contribution in [2.75, 3.05) is 0 Å². The number of halogens is 2. The fourth-order valence-electron chi connectivity index (χ4n) is 2.21. The highest BCUT2D eigenvalue weighted by molar-refractivity contribution is 9.10. The summed E-state index contributed by atoms with van der Waals surface area (Å²) in [5, 5.41) is 0. The molecule has 2 N–H and O–H groups in total. The second-order valence-electron chi connectivity index (χ2n) is 4.96.